The lowest BCUT2D eigenvalue weighted by atomic mass is 9.95. The van der Waals surface area contributed by atoms with Crippen LogP contribution in [0.5, 0.6) is 0 Å². The summed E-state index contributed by atoms with van der Waals surface area (Å²) in [6.07, 6.45) is 5.57. The summed E-state index contributed by atoms with van der Waals surface area (Å²) >= 11 is 0. The van der Waals surface area contributed by atoms with Crippen LogP contribution in [0.4, 0.5) is 0 Å². The number of aryl methyl sites for hydroxylation is 1. The molecule has 136 valence electrons. The molecule has 0 aromatic heterocycles. The van der Waals surface area contributed by atoms with E-state index < -0.39 is 17.7 Å². The normalized spacial score (nSPS) is 10.5. The Morgan fingerprint density at radius 3 is 2.00 bits per heavy atom. The van der Waals surface area contributed by atoms with Gasteiger partial charge in [0.15, 0.2) is 5.78 Å². The number of carbonyl (C=O) groups excluding carboxylic acids is 1. The molecule has 2 rings (SSSR count). The quantitative estimate of drug-likeness (QED) is 0.513. The first-order valence-electron chi connectivity index (χ1n) is 8.68. The molecule has 2 aromatic carbocycles. The zero-order valence-electron chi connectivity index (χ0n) is 14.7. The zero-order valence-corrected chi connectivity index (χ0v) is 14.7. The Balaban J connectivity index is 2.24. The van der Waals surface area contributed by atoms with E-state index >= 15 is 0 Å². The molecule has 5 heteroatoms. The molecule has 0 saturated heterocycles. The molecule has 0 radical (unpaired) electrons. The Kier molecular flexibility index (Phi) is 6.67. The summed E-state index contributed by atoms with van der Waals surface area (Å²) in [5.74, 6) is -2.97. The highest BCUT2D eigenvalue weighted by atomic mass is 16.4. The molecule has 0 amide bonds. The van der Waals surface area contributed by atoms with Crippen molar-refractivity contribution in [2.24, 2.45) is 0 Å². The van der Waals surface area contributed by atoms with Crippen molar-refractivity contribution in [3.63, 3.8) is 0 Å². The number of benzene rings is 2. The highest BCUT2D eigenvalue weighted by Gasteiger charge is 2.20. The average molecular weight is 354 g/mol. The molecule has 0 spiro atoms. The van der Waals surface area contributed by atoms with Crippen LogP contribution in [-0.4, -0.2) is 27.9 Å². The molecular formula is C21H22O5. The topological polar surface area (TPSA) is 91.7 Å². The second kappa shape index (κ2) is 8.94. The molecule has 0 aliphatic rings. The number of carboxylic acid groups (broad SMARTS) is 2. The van der Waals surface area contributed by atoms with Gasteiger partial charge < -0.3 is 10.2 Å². The van der Waals surface area contributed by atoms with E-state index in [-0.39, 0.29) is 16.7 Å². The maximum absolute atomic E-state index is 12.7. The molecule has 0 aliphatic carbocycles. The van der Waals surface area contributed by atoms with Crippen LogP contribution >= 0.6 is 0 Å². The maximum atomic E-state index is 12.7. The van der Waals surface area contributed by atoms with Crippen molar-refractivity contribution in [1.82, 2.24) is 0 Å². The maximum Gasteiger partial charge on any atom is 0.336 e. The molecule has 5 nitrogen and oxygen atoms in total. The third-order valence-electron chi connectivity index (χ3n) is 4.28. The van der Waals surface area contributed by atoms with E-state index in [1.807, 2.05) is 12.1 Å². The molecule has 0 atom stereocenters. The Morgan fingerprint density at radius 1 is 0.769 bits per heavy atom. The van der Waals surface area contributed by atoms with Crippen LogP contribution in [0, 0.1) is 0 Å². The molecule has 2 aromatic rings. The van der Waals surface area contributed by atoms with Gasteiger partial charge >= 0.3 is 11.9 Å². The first-order valence-corrected chi connectivity index (χ1v) is 8.68. The van der Waals surface area contributed by atoms with Gasteiger partial charge in [0.25, 0.3) is 0 Å². The lowest BCUT2D eigenvalue weighted by molar-refractivity contribution is 0.0679. The molecule has 2 N–H and O–H groups in total. The minimum absolute atomic E-state index is 0.118. The van der Waals surface area contributed by atoms with Crippen molar-refractivity contribution in [3.8, 4) is 0 Å². The van der Waals surface area contributed by atoms with Gasteiger partial charge in [0.05, 0.1) is 11.1 Å². The van der Waals surface area contributed by atoms with Crippen molar-refractivity contribution in [2.45, 2.75) is 39.0 Å². The number of ketones is 1. The first kappa shape index (κ1) is 19.4. The van der Waals surface area contributed by atoms with Crippen molar-refractivity contribution in [1.29, 1.82) is 0 Å². The second-order valence-corrected chi connectivity index (χ2v) is 6.21. The number of carboxylic acids is 2. The number of unbranched alkanes of at least 4 members (excludes halogenated alkanes) is 3. The van der Waals surface area contributed by atoms with Gasteiger partial charge in [0.2, 0.25) is 0 Å². The lowest BCUT2D eigenvalue weighted by Crippen LogP contribution is -2.12. The summed E-state index contributed by atoms with van der Waals surface area (Å²) in [6, 6.07) is 10.5. The van der Waals surface area contributed by atoms with Crippen LogP contribution in [-0.2, 0) is 6.42 Å². The molecule has 0 fully saturated rings. The van der Waals surface area contributed by atoms with E-state index in [9.17, 15) is 19.5 Å². The van der Waals surface area contributed by atoms with Crippen LogP contribution in [0.3, 0.4) is 0 Å². The molecule has 0 bridgehead atoms. The van der Waals surface area contributed by atoms with Crippen molar-refractivity contribution >= 4 is 17.7 Å². The van der Waals surface area contributed by atoms with Crippen LogP contribution in [0.1, 0.15) is 74.8 Å². The third kappa shape index (κ3) is 4.79. The summed E-state index contributed by atoms with van der Waals surface area (Å²) in [5, 5.41) is 18.4. The molecule has 26 heavy (non-hydrogen) atoms. The highest BCUT2D eigenvalue weighted by molar-refractivity contribution is 6.15. The summed E-state index contributed by atoms with van der Waals surface area (Å²) < 4.78 is 0. The van der Waals surface area contributed by atoms with E-state index in [0.29, 0.717) is 5.56 Å². The minimum Gasteiger partial charge on any atom is -0.478 e. The van der Waals surface area contributed by atoms with Crippen LogP contribution in [0.25, 0.3) is 0 Å². The summed E-state index contributed by atoms with van der Waals surface area (Å²) in [6.45, 7) is 2.16. The summed E-state index contributed by atoms with van der Waals surface area (Å²) in [5.41, 5.74) is 1.02. The van der Waals surface area contributed by atoms with Gasteiger partial charge in [0.1, 0.15) is 0 Å². The van der Waals surface area contributed by atoms with Crippen molar-refractivity contribution in [3.05, 3.63) is 70.3 Å². The highest BCUT2D eigenvalue weighted by Crippen LogP contribution is 2.19. The van der Waals surface area contributed by atoms with Gasteiger partial charge in [-0.15, -0.1) is 0 Å². The monoisotopic (exact) mass is 354 g/mol. The fraction of sp³-hybridized carbons (Fsp3) is 0.286. The van der Waals surface area contributed by atoms with E-state index in [1.165, 1.54) is 25.3 Å². The number of hydrogen-bond donors (Lipinski definition) is 2. The van der Waals surface area contributed by atoms with Gasteiger partial charge in [-0.3, -0.25) is 4.79 Å². The van der Waals surface area contributed by atoms with Gasteiger partial charge in [-0.1, -0.05) is 50.5 Å². The van der Waals surface area contributed by atoms with E-state index in [1.54, 1.807) is 12.1 Å². The Labute approximate surface area is 152 Å². The standard InChI is InChI=1S/C21H22O5/c1-2-3-4-5-6-14-7-9-15(10-8-14)19(22)18-13-16(20(23)24)11-12-17(18)21(25)26/h7-13H,2-6H2,1H3,(H,23,24)(H,25,26). The number of rotatable bonds is 9. The molecule has 0 heterocycles. The second-order valence-electron chi connectivity index (χ2n) is 6.21. The van der Waals surface area contributed by atoms with E-state index in [2.05, 4.69) is 6.92 Å². The van der Waals surface area contributed by atoms with Crippen LogP contribution in [0.2, 0.25) is 0 Å². The van der Waals surface area contributed by atoms with Crippen molar-refractivity contribution in [2.75, 3.05) is 0 Å². The number of aromatic carboxylic acids is 2. The smallest absolute Gasteiger partial charge is 0.336 e. The van der Waals surface area contributed by atoms with Gasteiger partial charge in [-0.05, 0) is 36.6 Å². The number of hydrogen-bond acceptors (Lipinski definition) is 3. The molecular weight excluding hydrogens is 332 g/mol. The first-order chi connectivity index (χ1) is 12.4. The summed E-state index contributed by atoms with van der Waals surface area (Å²) in [4.78, 5) is 35.2. The van der Waals surface area contributed by atoms with Gasteiger partial charge in [0, 0.05) is 11.1 Å². The molecule has 0 saturated carbocycles. The fourth-order valence-electron chi connectivity index (χ4n) is 2.79. The molecule has 0 unspecified atom stereocenters. The largest absolute Gasteiger partial charge is 0.478 e. The Bertz CT molecular complexity index is 806. The summed E-state index contributed by atoms with van der Waals surface area (Å²) in [7, 11) is 0. The van der Waals surface area contributed by atoms with Gasteiger partial charge in [-0.25, -0.2) is 9.59 Å². The molecule has 0 aliphatic heterocycles. The van der Waals surface area contributed by atoms with Gasteiger partial charge in [-0.2, -0.15) is 0 Å². The van der Waals surface area contributed by atoms with Crippen LogP contribution in [0.15, 0.2) is 42.5 Å². The fourth-order valence-corrected chi connectivity index (χ4v) is 2.79. The predicted octanol–water partition coefficient (Wildman–Crippen LogP) is 4.44. The third-order valence-corrected chi connectivity index (χ3v) is 4.28. The lowest BCUT2D eigenvalue weighted by Gasteiger charge is -2.08. The average Bonchev–Trinajstić information content (AvgIpc) is 2.64. The Morgan fingerprint density at radius 2 is 1.42 bits per heavy atom. The van der Waals surface area contributed by atoms with E-state index in [0.717, 1.165) is 30.5 Å². The Hall–Kier alpha value is -2.95. The SMILES string of the molecule is CCCCCCc1ccc(C(=O)c2cc(C(=O)O)ccc2C(=O)O)cc1. The predicted molar refractivity (Wildman–Crippen MR) is 98.1 cm³/mol. The zero-order chi connectivity index (χ0) is 19.1. The van der Waals surface area contributed by atoms with Crippen molar-refractivity contribution < 1.29 is 24.6 Å². The number of carbonyl (C=O) groups is 3. The van der Waals surface area contributed by atoms with Crippen LogP contribution < -0.4 is 0 Å². The minimum atomic E-state index is -1.27. The van der Waals surface area contributed by atoms with E-state index in [4.69, 9.17) is 5.11 Å².